The van der Waals surface area contributed by atoms with Crippen LogP contribution in [0.25, 0.3) is 22.3 Å². The lowest BCUT2D eigenvalue weighted by atomic mass is 10.1. The number of hydrogen-bond acceptors (Lipinski definition) is 3. The number of rotatable bonds is 3. The third-order valence-electron chi connectivity index (χ3n) is 3.78. The first kappa shape index (κ1) is 15.7. The normalized spacial score (nSPS) is 11.2. The van der Waals surface area contributed by atoms with Gasteiger partial charge < -0.3 is 4.98 Å². The molecule has 0 saturated carbocycles. The van der Waals surface area contributed by atoms with Crippen LogP contribution in [-0.2, 0) is 6.42 Å². The molecule has 0 aliphatic rings. The third-order valence-corrected chi connectivity index (χ3v) is 4.08. The Morgan fingerprint density at radius 3 is 2.76 bits per heavy atom. The van der Waals surface area contributed by atoms with E-state index in [0.29, 0.717) is 39.6 Å². The number of hydrogen-bond donors (Lipinski definition) is 1. The first-order chi connectivity index (χ1) is 12.1. The van der Waals surface area contributed by atoms with Crippen LogP contribution in [0.4, 0.5) is 8.78 Å². The van der Waals surface area contributed by atoms with Gasteiger partial charge in [0.15, 0.2) is 5.65 Å². The average Bonchev–Trinajstić information content (AvgIpc) is 2.98. The van der Waals surface area contributed by atoms with Crippen LogP contribution in [0.15, 0.2) is 48.8 Å². The number of fused-ring (bicyclic) bond motifs is 1. The minimum absolute atomic E-state index is 0.289. The van der Waals surface area contributed by atoms with Crippen molar-refractivity contribution in [2.75, 3.05) is 0 Å². The average molecular weight is 357 g/mol. The lowest BCUT2D eigenvalue weighted by molar-refractivity contribution is 0.584. The summed E-state index contributed by atoms with van der Waals surface area (Å²) in [7, 11) is 0. The van der Waals surface area contributed by atoms with Gasteiger partial charge in [-0.15, -0.1) is 0 Å². The second kappa shape index (κ2) is 6.22. The number of halogens is 3. The molecule has 4 rings (SSSR count). The molecule has 0 amide bonds. The summed E-state index contributed by atoms with van der Waals surface area (Å²) in [5.74, 6) is -0.242. The van der Waals surface area contributed by atoms with E-state index < -0.39 is 5.95 Å². The standard InChI is InChI=1S/C18H11ClF2N4/c19-14-9-22-16(21)7-13(14)11-6-15-18(23-8-11)25-17(24-15)5-10-2-1-3-12(20)4-10/h1-4,6-9H,5H2,(H,23,24,25). The highest BCUT2D eigenvalue weighted by molar-refractivity contribution is 6.33. The molecule has 0 fully saturated rings. The number of aromatic amines is 1. The molecule has 4 nitrogen and oxygen atoms in total. The Morgan fingerprint density at radius 2 is 1.92 bits per heavy atom. The molecule has 0 aliphatic heterocycles. The van der Waals surface area contributed by atoms with Crippen LogP contribution in [0.3, 0.4) is 0 Å². The number of nitrogens with one attached hydrogen (secondary N) is 1. The fourth-order valence-corrected chi connectivity index (χ4v) is 2.86. The van der Waals surface area contributed by atoms with Crippen molar-refractivity contribution in [3.8, 4) is 11.1 Å². The van der Waals surface area contributed by atoms with Gasteiger partial charge in [0.1, 0.15) is 17.2 Å². The van der Waals surface area contributed by atoms with Gasteiger partial charge in [-0.2, -0.15) is 4.39 Å². The van der Waals surface area contributed by atoms with Crippen molar-refractivity contribution in [2.45, 2.75) is 6.42 Å². The van der Waals surface area contributed by atoms with E-state index in [1.54, 1.807) is 18.3 Å². The van der Waals surface area contributed by atoms with Gasteiger partial charge in [-0.05, 0) is 23.8 Å². The summed E-state index contributed by atoms with van der Waals surface area (Å²) in [6.07, 6.45) is 3.30. The van der Waals surface area contributed by atoms with E-state index in [4.69, 9.17) is 11.6 Å². The molecule has 0 saturated heterocycles. The molecule has 0 bridgehead atoms. The predicted molar refractivity (Wildman–Crippen MR) is 91.3 cm³/mol. The van der Waals surface area contributed by atoms with E-state index >= 15 is 0 Å². The third kappa shape index (κ3) is 3.21. The number of pyridine rings is 2. The van der Waals surface area contributed by atoms with Gasteiger partial charge in [-0.3, -0.25) is 0 Å². The predicted octanol–water partition coefficient (Wildman–Crippen LogP) is 4.54. The van der Waals surface area contributed by atoms with Crippen molar-refractivity contribution < 1.29 is 8.78 Å². The number of imidazole rings is 1. The molecule has 25 heavy (non-hydrogen) atoms. The van der Waals surface area contributed by atoms with Crippen LogP contribution in [0, 0.1) is 11.8 Å². The molecule has 1 N–H and O–H groups in total. The molecular formula is C18H11ClF2N4. The number of nitrogens with zero attached hydrogens (tertiary/aromatic N) is 3. The SMILES string of the molecule is Fc1cccc(Cc2nc3cc(-c4cc(F)ncc4Cl)cnc3[nH]2)c1. The summed E-state index contributed by atoms with van der Waals surface area (Å²) in [5.41, 5.74) is 3.16. The van der Waals surface area contributed by atoms with Crippen LogP contribution in [-0.4, -0.2) is 19.9 Å². The fraction of sp³-hybridized carbons (Fsp3) is 0.0556. The maximum absolute atomic E-state index is 13.4. The zero-order valence-corrected chi connectivity index (χ0v) is 13.6. The topological polar surface area (TPSA) is 54.5 Å². The molecule has 3 aromatic heterocycles. The summed E-state index contributed by atoms with van der Waals surface area (Å²) >= 11 is 6.09. The minimum atomic E-state index is -0.617. The number of aromatic nitrogens is 4. The minimum Gasteiger partial charge on any atom is -0.326 e. The molecule has 1 aromatic carbocycles. The van der Waals surface area contributed by atoms with Crippen LogP contribution in [0.1, 0.15) is 11.4 Å². The van der Waals surface area contributed by atoms with Crippen molar-refractivity contribution in [1.82, 2.24) is 19.9 Å². The lowest BCUT2D eigenvalue weighted by Crippen LogP contribution is -1.91. The van der Waals surface area contributed by atoms with Crippen molar-refractivity contribution in [2.24, 2.45) is 0 Å². The van der Waals surface area contributed by atoms with Crippen LogP contribution < -0.4 is 0 Å². The smallest absolute Gasteiger partial charge is 0.213 e. The van der Waals surface area contributed by atoms with Gasteiger partial charge in [0.2, 0.25) is 5.95 Å². The summed E-state index contributed by atoms with van der Waals surface area (Å²) < 4.78 is 26.7. The molecule has 0 atom stereocenters. The fourth-order valence-electron chi connectivity index (χ4n) is 2.65. The van der Waals surface area contributed by atoms with Crippen molar-refractivity contribution in [3.05, 3.63) is 77.0 Å². The molecule has 0 unspecified atom stereocenters. The van der Waals surface area contributed by atoms with E-state index in [2.05, 4.69) is 19.9 Å². The largest absolute Gasteiger partial charge is 0.326 e. The molecule has 0 aliphatic carbocycles. The maximum Gasteiger partial charge on any atom is 0.213 e. The molecule has 0 spiro atoms. The van der Waals surface area contributed by atoms with Gasteiger partial charge in [-0.25, -0.2) is 19.3 Å². The van der Waals surface area contributed by atoms with Crippen molar-refractivity contribution in [3.63, 3.8) is 0 Å². The Labute approximate surface area is 146 Å². The van der Waals surface area contributed by atoms with Crippen LogP contribution in [0.2, 0.25) is 5.02 Å². The molecule has 4 aromatic rings. The van der Waals surface area contributed by atoms with E-state index in [-0.39, 0.29) is 5.82 Å². The van der Waals surface area contributed by atoms with E-state index in [9.17, 15) is 8.78 Å². The second-order valence-electron chi connectivity index (χ2n) is 5.57. The Balaban J connectivity index is 1.71. The number of benzene rings is 1. The second-order valence-corrected chi connectivity index (χ2v) is 5.98. The molecule has 0 radical (unpaired) electrons. The lowest BCUT2D eigenvalue weighted by Gasteiger charge is -2.03. The summed E-state index contributed by atoms with van der Waals surface area (Å²) in [6, 6.07) is 9.37. The van der Waals surface area contributed by atoms with Crippen LogP contribution in [0.5, 0.6) is 0 Å². The van der Waals surface area contributed by atoms with E-state index in [1.807, 2.05) is 6.07 Å². The number of H-pyrrole nitrogens is 1. The monoisotopic (exact) mass is 356 g/mol. The van der Waals surface area contributed by atoms with Gasteiger partial charge in [0.25, 0.3) is 0 Å². The zero-order chi connectivity index (χ0) is 17.4. The highest BCUT2D eigenvalue weighted by Crippen LogP contribution is 2.28. The first-order valence-corrected chi connectivity index (χ1v) is 7.87. The van der Waals surface area contributed by atoms with Gasteiger partial charge >= 0.3 is 0 Å². The van der Waals surface area contributed by atoms with Crippen molar-refractivity contribution in [1.29, 1.82) is 0 Å². The summed E-state index contributed by atoms with van der Waals surface area (Å²) in [5, 5.41) is 0.332. The maximum atomic E-state index is 13.4. The Bertz CT molecular complexity index is 1080. The van der Waals surface area contributed by atoms with Crippen molar-refractivity contribution >= 4 is 22.8 Å². The van der Waals surface area contributed by atoms with E-state index in [1.165, 1.54) is 24.4 Å². The molecule has 3 heterocycles. The summed E-state index contributed by atoms with van der Waals surface area (Å²) in [6.45, 7) is 0. The molecule has 124 valence electrons. The Hall–Kier alpha value is -2.86. The van der Waals surface area contributed by atoms with Gasteiger partial charge in [0.05, 0.1) is 5.02 Å². The summed E-state index contributed by atoms with van der Waals surface area (Å²) in [4.78, 5) is 15.4. The molecular weight excluding hydrogens is 346 g/mol. The van der Waals surface area contributed by atoms with Crippen LogP contribution >= 0.6 is 11.6 Å². The first-order valence-electron chi connectivity index (χ1n) is 7.49. The Morgan fingerprint density at radius 1 is 1.04 bits per heavy atom. The zero-order valence-electron chi connectivity index (χ0n) is 12.8. The van der Waals surface area contributed by atoms with Gasteiger partial charge in [-0.1, -0.05) is 23.7 Å². The highest BCUT2D eigenvalue weighted by Gasteiger charge is 2.11. The molecule has 7 heteroatoms. The quantitative estimate of drug-likeness (QED) is 0.548. The highest BCUT2D eigenvalue weighted by atomic mass is 35.5. The Kier molecular flexibility index (Phi) is 3.89. The van der Waals surface area contributed by atoms with E-state index in [0.717, 1.165) is 5.56 Å². The van der Waals surface area contributed by atoms with Gasteiger partial charge in [0, 0.05) is 36.0 Å².